The largest absolute Gasteiger partial charge is 0.459 e. The minimum absolute atomic E-state index is 0.0860. The highest BCUT2D eigenvalue weighted by atomic mass is 16.5. The standard InChI is InChI=1S/C61H38B2N4O2/c1-3-18-39(19-4-1)43-24-7-9-26-46(43)63-48-28-11-16-33-55(48)69-60-49(63)35-37-56-57(60)62(47-27-10-15-32-54(47)68-56)40-20-17-23-42(38-40)65-50-29-12-8-25-44(50)45-34-36-53-58(59(45)65)64-61-66(41-21-5-2-6-22-41)51-30-13-14-31-52(51)67(53)61/h1-38H. The van der Waals surface area contributed by atoms with Crippen molar-refractivity contribution in [2.45, 2.75) is 0 Å². The fourth-order valence-corrected chi connectivity index (χ4v) is 11.6. The van der Waals surface area contributed by atoms with Crippen LogP contribution in [0.4, 0.5) is 0 Å². The topological polar surface area (TPSA) is 45.6 Å². The average molecular weight is 881 g/mol. The highest BCUT2D eigenvalue weighted by Gasteiger charge is 2.42. The smallest absolute Gasteiger partial charge is 0.255 e. The number of imidazole rings is 2. The lowest BCUT2D eigenvalue weighted by Crippen LogP contribution is -2.60. The molecule has 320 valence electrons. The molecule has 0 radical (unpaired) electrons. The van der Waals surface area contributed by atoms with Gasteiger partial charge in [-0.1, -0.05) is 169 Å². The molecule has 8 heteroatoms. The summed E-state index contributed by atoms with van der Waals surface area (Å²) < 4.78 is 21.1. The van der Waals surface area contributed by atoms with Gasteiger partial charge in [-0.15, -0.1) is 0 Å². The first-order valence-electron chi connectivity index (χ1n) is 23.6. The first kappa shape index (κ1) is 38.1. The molecule has 0 amide bonds. The highest BCUT2D eigenvalue weighted by Crippen LogP contribution is 2.39. The Morgan fingerprint density at radius 3 is 1.87 bits per heavy atom. The summed E-state index contributed by atoms with van der Waals surface area (Å²) in [7, 11) is 0. The summed E-state index contributed by atoms with van der Waals surface area (Å²) in [6.07, 6.45) is 0. The zero-order valence-electron chi connectivity index (χ0n) is 37.2. The molecule has 2 aliphatic heterocycles. The summed E-state index contributed by atoms with van der Waals surface area (Å²) in [4.78, 5) is 5.61. The van der Waals surface area contributed by atoms with Gasteiger partial charge in [0.15, 0.2) is 0 Å². The van der Waals surface area contributed by atoms with Gasteiger partial charge in [0.25, 0.3) is 13.4 Å². The van der Waals surface area contributed by atoms with Crippen molar-refractivity contribution in [3.05, 3.63) is 231 Å². The Morgan fingerprint density at radius 2 is 1.04 bits per heavy atom. The highest BCUT2D eigenvalue weighted by molar-refractivity contribution is 7.00. The SMILES string of the molecule is c1ccc(-c2ccccc2B2c3ccccc3Oc3c2ccc2c3B(c3cccc(-n4c5ccccc5c5ccc6c(nc7n(-c8ccccc8)c8ccccc8n67)c54)c3)c3ccccc3O2)cc1. The molecule has 69 heavy (non-hydrogen) atoms. The minimum atomic E-state index is -0.212. The van der Waals surface area contributed by atoms with E-state index in [0.717, 1.165) is 106 Å². The third-order valence-corrected chi connectivity index (χ3v) is 14.5. The van der Waals surface area contributed by atoms with E-state index in [9.17, 15) is 0 Å². The number of benzene rings is 10. The second-order valence-electron chi connectivity index (χ2n) is 18.2. The molecule has 6 nitrogen and oxygen atoms in total. The van der Waals surface area contributed by atoms with Gasteiger partial charge in [-0.05, 0) is 100 Å². The first-order chi connectivity index (χ1) is 34.3. The van der Waals surface area contributed by atoms with Crippen LogP contribution in [-0.4, -0.2) is 31.9 Å². The predicted molar refractivity (Wildman–Crippen MR) is 285 cm³/mol. The van der Waals surface area contributed by atoms with Gasteiger partial charge >= 0.3 is 0 Å². The van der Waals surface area contributed by atoms with Gasteiger partial charge in [0.2, 0.25) is 5.78 Å². The Hall–Kier alpha value is -9.00. The molecular weight excluding hydrogens is 842 g/mol. The van der Waals surface area contributed by atoms with Crippen LogP contribution >= 0.6 is 0 Å². The maximum absolute atomic E-state index is 7.20. The second-order valence-corrected chi connectivity index (χ2v) is 18.2. The van der Waals surface area contributed by atoms with Crippen molar-refractivity contribution in [2.75, 3.05) is 0 Å². The number of rotatable bonds is 5. The van der Waals surface area contributed by atoms with E-state index < -0.39 is 0 Å². The number of ether oxygens (including phenoxy) is 2. The Kier molecular flexibility index (Phi) is 8.15. The summed E-state index contributed by atoms with van der Waals surface area (Å²) >= 11 is 0. The lowest BCUT2D eigenvalue weighted by Gasteiger charge is -2.34. The van der Waals surface area contributed by atoms with Crippen molar-refractivity contribution >= 4 is 95.9 Å². The zero-order chi connectivity index (χ0) is 45.2. The van der Waals surface area contributed by atoms with Crippen molar-refractivity contribution < 1.29 is 9.47 Å². The molecule has 0 N–H and O–H groups in total. The zero-order valence-corrected chi connectivity index (χ0v) is 37.2. The molecule has 0 saturated carbocycles. The van der Waals surface area contributed by atoms with Crippen LogP contribution in [0.5, 0.6) is 23.0 Å². The van der Waals surface area contributed by atoms with Gasteiger partial charge in [0.05, 0.1) is 27.6 Å². The summed E-state index contributed by atoms with van der Waals surface area (Å²) in [5.74, 6) is 4.22. The van der Waals surface area contributed by atoms with Crippen LogP contribution < -0.4 is 42.3 Å². The van der Waals surface area contributed by atoms with E-state index >= 15 is 0 Å². The third kappa shape index (κ3) is 5.54. The van der Waals surface area contributed by atoms with Gasteiger partial charge in [-0.3, -0.25) is 8.97 Å². The molecule has 0 bridgehead atoms. The fourth-order valence-electron chi connectivity index (χ4n) is 11.6. The maximum Gasteiger partial charge on any atom is 0.255 e. The number of hydrogen-bond acceptors (Lipinski definition) is 3. The van der Waals surface area contributed by atoms with E-state index in [-0.39, 0.29) is 13.4 Å². The predicted octanol–water partition coefficient (Wildman–Crippen LogP) is 10.4. The fraction of sp³-hybridized carbons (Fsp3) is 0. The molecule has 0 saturated heterocycles. The maximum atomic E-state index is 7.20. The summed E-state index contributed by atoms with van der Waals surface area (Å²) in [6.45, 7) is -0.298. The number of para-hydroxylation sites is 6. The Labute approximate surface area is 398 Å². The lowest BCUT2D eigenvalue weighted by molar-refractivity contribution is 0.469. The van der Waals surface area contributed by atoms with Gasteiger partial charge in [0, 0.05) is 27.6 Å². The minimum Gasteiger partial charge on any atom is -0.459 e. The Bertz CT molecular complexity index is 4230. The third-order valence-electron chi connectivity index (χ3n) is 14.5. The van der Waals surface area contributed by atoms with Crippen LogP contribution in [0.25, 0.3) is 72.2 Å². The number of fused-ring (bicyclic) bond motifs is 14. The summed E-state index contributed by atoms with van der Waals surface area (Å²) in [6, 6.07) is 82.4. The molecule has 0 aliphatic carbocycles. The Morgan fingerprint density at radius 1 is 0.391 bits per heavy atom. The van der Waals surface area contributed by atoms with Crippen LogP contribution in [0.15, 0.2) is 231 Å². The molecule has 0 fully saturated rings. The van der Waals surface area contributed by atoms with Crippen LogP contribution in [0.3, 0.4) is 0 Å². The van der Waals surface area contributed by atoms with E-state index in [1.807, 2.05) is 0 Å². The first-order valence-corrected chi connectivity index (χ1v) is 23.6. The van der Waals surface area contributed by atoms with Crippen LogP contribution in [-0.2, 0) is 0 Å². The van der Waals surface area contributed by atoms with Crippen molar-refractivity contribution in [3.63, 3.8) is 0 Å². The van der Waals surface area contributed by atoms with Crippen LogP contribution in [0.1, 0.15) is 0 Å². The van der Waals surface area contributed by atoms with Crippen LogP contribution in [0.2, 0.25) is 0 Å². The molecule has 5 heterocycles. The van der Waals surface area contributed by atoms with Gasteiger partial charge in [-0.2, -0.15) is 0 Å². The Balaban J connectivity index is 0.967. The molecule has 15 rings (SSSR count). The second kappa shape index (κ2) is 14.7. The van der Waals surface area contributed by atoms with Crippen molar-refractivity contribution in [1.82, 2.24) is 18.5 Å². The lowest BCUT2D eigenvalue weighted by atomic mass is 9.31. The quantitative estimate of drug-likeness (QED) is 0.162. The van der Waals surface area contributed by atoms with E-state index in [0.29, 0.717) is 0 Å². The van der Waals surface area contributed by atoms with E-state index in [4.69, 9.17) is 14.5 Å². The molecule has 0 atom stereocenters. The monoisotopic (exact) mass is 880 g/mol. The van der Waals surface area contributed by atoms with Crippen LogP contribution in [0, 0.1) is 0 Å². The number of hydrogen-bond donors (Lipinski definition) is 0. The normalized spacial score (nSPS) is 12.8. The van der Waals surface area contributed by atoms with E-state index in [1.54, 1.807) is 0 Å². The van der Waals surface area contributed by atoms with Crippen molar-refractivity contribution in [3.8, 4) is 45.5 Å². The molecule has 0 spiro atoms. The van der Waals surface area contributed by atoms with E-state index in [2.05, 4.69) is 244 Å². The number of nitrogens with zero attached hydrogens (tertiary/aromatic N) is 4. The summed E-state index contributed by atoms with van der Waals surface area (Å²) in [5, 5.41) is 2.34. The molecule has 13 aromatic rings. The van der Waals surface area contributed by atoms with Crippen molar-refractivity contribution in [1.29, 1.82) is 0 Å². The van der Waals surface area contributed by atoms with Crippen molar-refractivity contribution in [2.24, 2.45) is 0 Å². The molecular formula is C61H38B2N4O2. The molecule has 0 unspecified atom stereocenters. The van der Waals surface area contributed by atoms with Gasteiger partial charge in [0.1, 0.15) is 28.5 Å². The molecule has 2 aliphatic rings. The number of aromatic nitrogens is 4. The van der Waals surface area contributed by atoms with Gasteiger partial charge < -0.3 is 14.0 Å². The van der Waals surface area contributed by atoms with Gasteiger partial charge in [-0.25, -0.2) is 4.98 Å². The molecule has 3 aromatic heterocycles. The average Bonchev–Trinajstić information content (AvgIpc) is 4.07. The summed E-state index contributed by atoms with van der Waals surface area (Å²) in [5.41, 5.74) is 17.7. The van der Waals surface area contributed by atoms with E-state index in [1.165, 1.54) is 22.0 Å². The molecule has 10 aromatic carbocycles.